The van der Waals surface area contributed by atoms with Crippen LogP contribution in [0.5, 0.6) is 0 Å². The van der Waals surface area contributed by atoms with Crippen molar-refractivity contribution in [1.82, 2.24) is 19.9 Å². The van der Waals surface area contributed by atoms with Crippen LogP contribution < -0.4 is 5.73 Å². The smallest absolute Gasteiger partial charge is 0.195 e. The molecular formula is C11H13N5S. The van der Waals surface area contributed by atoms with Gasteiger partial charge in [0.05, 0.1) is 5.69 Å². The maximum absolute atomic E-state index is 5.57. The molecule has 0 saturated carbocycles. The van der Waals surface area contributed by atoms with Crippen molar-refractivity contribution in [3.05, 3.63) is 35.4 Å². The highest BCUT2D eigenvalue weighted by atomic mass is 32.2. The SMILES string of the molecule is Cc1ccnc(Sc2nc(C)cc(CN)n2)n1. The van der Waals surface area contributed by atoms with Gasteiger partial charge in [-0.25, -0.2) is 19.9 Å². The highest BCUT2D eigenvalue weighted by molar-refractivity contribution is 7.99. The molecule has 0 spiro atoms. The average molecular weight is 247 g/mol. The summed E-state index contributed by atoms with van der Waals surface area (Å²) in [7, 11) is 0. The molecule has 2 N–H and O–H groups in total. The van der Waals surface area contributed by atoms with Gasteiger partial charge in [-0.3, -0.25) is 0 Å². The molecular weight excluding hydrogens is 234 g/mol. The second-order valence-corrected chi connectivity index (χ2v) is 4.50. The third-order valence-electron chi connectivity index (χ3n) is 2.05. The van der Waals surface area contributed by atoms with Crippen LogP contribution in [0.1, 0.15) is 17.1 Å². The lowest BCUT2D eigenvalue weighted by Gasteiger charge is -2.03. The first kappa shape index (κ1) is 11.9. The molecule has 0 aliphatic heterocycles. The summed E-state index contributed by atoms with van der Waals surface area (Å²) in [5.41, 5.74) is 8.22. The summed E-state index contributed by atoms with van der Waals surface area (Å²) in [5.74, 6) is 0. The van der Waals surface area contributed by atoms with Crippen LogP contribution in [-0.4, -0.2) is 19.9 Å². The van der Waals surface area contributed by atoms with E-state index in [0.717, 1.165) is 17.1 Å². The normalized spacial score (nSPS) is 10.5. The minimum Gasteiger partial charge on any atom is -0.325 e. The molecule has 0 amide bonds. The summed E-state index contributed by atoms with van der Waals surface area (Å²) in [5, 5.41) is 1.29. The Bertz CT molecular complexity index is 529. The van der Waals surface area contributed by atoms with Crippen molar-refractivity contribution in [3.63, 3.8) is 0 Å². The molecule has 0 radical (unpaired) electrons. The fourth-order valence-corrected chi connectivity index (χ4v) is 2.13. The van der Waals surface area contributed by atoms with E-state index in [-0.39, 0.29) is 0 Å². The van der Waals surface area contributed by atoms with E-state index in [0.29, 0.717) is 16.9 Å². The van der Waals surface area contributed by atoms with E-state index in [1.807, 2.05) is 26.0 Å². The first-order valence-corrected chi connectivity index (χ1v) is 6.01. The molecule has 0 aliphatic rings. The molecule has 0 fully saturated rings. The largest absolute Gasteiger partial charge is 0.325 e. The highest BCUT2D eigenvalue weighted by Crippen LogP contribution is 2.21. The Hall–Kier alpha value is -1.53. The van der Waals surface area contributed by atoms with Gasteiger partial charge in [0, 0.05) is 24.1 Å². The summed E-state index contributed by atoms with van der Waals surface area (Å²) in [4.78, 5) is 17.1. The summed E-state index contributed by atoms with van der Waals surface area (Å²) < 4.78 is 0. The number of aromatic nitrogens is 4. The van der Waals surface area contributed by atoms with E-state index in [1.165, 1.54) is 11.8 Å². The molecule has 0 unspecified atom stereocenters. The Labute approximate surface area is 104 Å². The van der Waals surface area contributed by atoms with Crippen molar-refractivity contribution >= 4 is 11.8 Å². The van der Waals surface area contributed by atoms with Crippen LogP contribution >= 0.6 is 11.8 Å². The number of rotatable bonds is 3. The molecule has 2 aromatic heterocycles. The Balaban J connectivity index is 2.26. The van der Waals surface area contributed by atoms with Gasteiger partial charge in [-0.05, 0) is 37.7 Å². The average Bonchev–Trinajstić information content (AvgIpc) is 2.28. The van der Waals surface area contributed by atoms with Crippen molar-refractivity contribution in [3.8, 4) is 0 Å². The van der Waals surface area contributed by atoms with Crippen molar-refractivity contribution in [1.29, 1.82) is 0 Å². The van der Waals surface area contributed by atoms with E-state index in [1.54, 1.807) is 6.20 Å². The van der Waals surface area contributed by atoms with E-state index in [4.69, 9.17) is 5.73 Å². The summed E-state index contributed by atoms with van der Waals surface area (Å²) >= 11 is 1.35. The van der Waals surface area contributed by atoms with Gasteiger partial charge in [0.1, 0.15) is 0 Å². The number of hydrogen-bond acceptors (Lipinski definition) is 6. The molecule has 2 aromatic rings. The predicted molar refractivity (Wildman–Crippen MR) is 65.6 cm³/mol. The van der Waals surface area contributed by atoms with Gasteiger partial charge in [-0.2, -0.15) is 0 Å². The zero-order valence-electron chi connectivity index (χ0n) is 9.71. The molecule has 6 heteroatoms. The van der Waals surface area contributed by atoms with Crippen LogP contribution in [0.3, 0.4) is 0 Å². The summed E-state index contributed by atoms with van der Waals surface area (Å²) in [6.45, 7) is 4.25. The number of nitrogens with zero attached hydrogens (tertiary/aromatic N) is 4. The molecule has 0 bridgehead atoms. The Morgan fingerprint density at radius 2 is 1.88 bits per heavy atom. The van der Waals surface area contributed by atoms with Gasteiger partial charge in [-0.15, -0.1) is 0 Å². The van der Waals surface area contributed by atoms with Gasteiger partial charge < -0.3 is 5.73 Å². The molecule has 0 aliphatic carbocycles. The molecule has 0 atom stereocenters. The van der Waals surface area contributed by atoms with Crippen molar-refractivity contribution in [2.24, 2.45) is 5.73 Å². The van der Waals surface area contributed by atoms with Gasteiger partial charge in [0.15, 0.2) is 10.3 Å². The quantitative estimate of drug-likeness (QED) is 0.828. The summed E-state index contributed by atoms with van der Waals surface area (Å²) in [6.07, 6.45) is 1.73. The van der Waals surface area contributed by atoms with Crippen molar-refractivity contribution < 1.29 is 0 Å². The first-order valence-electron chi connectivity index (χ1n) is 5.19. The lowest BCUT2D eigenvalue weighted by atomic mass is 10.3. The second-order valence-electron chi connectivity index (χ2n) is 3.57. The van der Waals surface area contributed by atoms with Crippen LogP contribution in [-0.2, 0) is 6.54 Å². The van der Waals surface area contributed by atoms with E-state index in [9.17, 15) is 0 Å². The van der Waals surface area contributed by atoms with Crippen LogP contribution in [0.2, 0.25) is 0 Å². The Kier molecular flexibility index (Phi) is 3.65. The molecule has 0 aromatic carbocycles. The zero-order valence-corrected chi connectivity index (χ0v) is 10.5. The highest BCUT2D eigenvalue weighted by Gasteiger charge is 2.06. The third-order valence-corrected chi connectivity index (χ3v) is 2.80. The molecule has 2 heterocycles. The van der Waals surface area contributed by atoms with Gasteiger partial charge in [0.2, 0.25) is 0 Å². The first-order chi connectivity index (χ1) is 8.17. The van der Waals surface area contributed by atoms with Crippen molar-refractivity contribution in [2.45, 2.75) is 30.7 Å². The minimum absolute atomic E-state index is 0.408. The van der Waals surface area contributed by atoms with Gasteiger partial charge in [-0.1, -0.05) is 0 Å². The lowest BCUT2D eigenvalue weighted by Crippen LogP contribution is -2.03. The molecule has 17 heavy (non-hydrogen) atoms. The lowest BCUT2D eigenvalue weighted by molar-refractivity contribution is 0.844. The monoisotopic (exact) mass is 247 g/mol. The molecule has 5 nitrogen and oxygen atoms in total. The summed E-state index contributed by atoms with van der Waals surface area (Å²) in [6, 6.07) is 3.73. The van der Waals surface area contributed by atoms with Crippen LogP contribution in [0.4, 0.5) is 0 Å². The van der Waals surface area contributed by atoms with E-state index < -0.39 is 0 Å². The Morgan fingerprint density at radius 1 is 1.12 bits per heavy atom. The van der Waals surface area contributed by atoms with E-state index >= 15 is 0 Å². The third kappa shape index (κ3) is 3.21. The van der Waals surface area contributed by atoms with Crippen LogP contribution in [0.15, 0.2) is 28.6 Å². The van der Waals surface area contributed by atoms with Gasteiger partial charge in [0.25, 0.3) is 0 Å². The topological polar surface area (TPSA) is 77.6 Å². The second kappa shape index (κ2) is 5.20. The maximum Gasteiger partial charge on any atom is 0.195 e. The Morgan fingerprint density at radius 3 is 2.59 bits per heavy atom. The number of nitrogens with two attached hydrogens (primary N) is 1. The number of hydrogen-bond donors (Lipinski definition) is 1. The number of aryl methyl sites for hydroxylation is 2. The van der Waals surface area contributed by atoms with Gasteiger partial charge >= 0.3 is 0 Å². The maximum atomic E-state index is 5.57. The minimum atomic E-state index is 0.408. The van der Waals surface area contributed by atoms with Crippen LogP contribution in [0, 0.1) is 13.8 Å². The molecule has 2 rings (SSSR count). The fraction of sp³-hybridized carbons (Fsp3) is 0.273. The van der Waals surface area contributed by atoms with Crippen molar-refractivity contribution in [2.75, 3.05) is 0 Å². The van der Waals surface area contributed by atoms with Crippen LogP contribution in [0.25, 0.3) is 0 Å². The standard InChI is InChI=1S/C11H13N5S/c1-7-3-4-13-10(14-7)17-11-15-8(2)5-9(6-12)16-11/h3-5H,6,12H2,1-2H3. The zero-order chi connectivity index (χ0) is 12.3. The predicted octanol–water partition coefficient (Wildman–Crippen LogP) is 1.49. The fourth-order valence-electron chi connectivity index (χ4n) is 1.31. The molecule has 88 valence electrons. The molecule has 0 saturated heterocycles. The van der Waals surface area contributed by atoms with E-state index in [2.05, 4.69) is 19.9 Å².